The van der Waals surface area contributed by atoms with Crippen LogP contribution in [0.4, 0.5) is 0 Å². The molecule has 0 radical (unpaired) electrons. The Balaban J connectivity index is 3.91. The first-order valence-corrected chi connectivity index (χ1v) is 7.05. The highest BCUT2D eigenvalue weighted by molar-refractivity contribution is 7.99. The van der Waals surface area contributed by atoms with Crippen LogP contribution in [0, 0.1) is 0 Å². The van der Waals surface area contributed by atoms with Crippen molar-refractivity contribution in [1.29, 1.82) is 0 Å². The van der Waals surface area contributed by atoms with Crippen LogP contribution in [0.15, 0.2) is 0 Å². The summed E-state index contributed by atoms with van der Waals surface area (Å²) < 4.78 is 9.94. The molecule has 4 nitrogen and oxygen atoms in total. The van der Waals surface area contributed by atoms with Crippen LogP contribution in [0.5, 0.6) is 0 Å². The van der Waals surface area contributed by atoms with Gasteiger partial charge in [0.05, 0.1) is 6.61 Å². The number of rotatable bonds is 9. The highest BCUT2D eigenvalue weighted by atomic mass is 32.2. The lowest BCUT2D eigenvalue weighted by Gasteiger charge is -2.25. The Morgan fingerprint density at radius 3 is 2.71 bits per heavy atom. The molecule has 2 N–H and O–H groups in total. The minimum atomic E-state index is -0.885. The van der Waals surface area contributed by atoms with Crippen molar-refractivity contribution in [3.05, 3.63) is 0 Å². The molecule has 102 valence electrons. The van der Waals surface area contributed by atoms with Crippen molar-refractivity contribution in [2.75, 3.05) is 26.1 Å². The van der Waals surface area contributed by atoms with Crippen LogP contribution in [-0.4, -0.2) is 42.8 Å². The smallest absolute Gasteiger partial charge is 0.325 e. The zero-order chi connectivity index (χ0) is 13.3. The topological polar surface area (TPSA) is 61.5 Å². The van der Waals surface area contributed by atoms with Gasteiger partial charge in [-0.2, -0.15) is 11.8 Å². The summed E-state index contributed by atoms with van der Waals surface area (Å²) in [5.41, 5.74) is 5.08. The summed E-state index contributed by atoms with van der Waals surface area (Å²) in [6, 6.07) is 0. The predicted molar refractivity (Wildman–Crippen MR) is 72.3 cm³/mol. The quantitative estimate of drug-likeness (QED) is 0.508. The molecule has 5 heteroatoms. The molecule has 2 unspecified atom stereocenters. The summed E-state index contributed by atoms with van der Waals surface area (Å²) in [7, 11) is 1.70. The van der Waals surface area contributed by atoms with Gasteiger partial charge < -0.3 is 15.2 Å². The Bertz CT molecular complexity index is 222. The maximum atomic E-state index is 11.6. The first-order chi connectivity index (χ1) is 7.94. The number of methoxy groups -OCH3 is 1. The fraction of sp³-hybridized carbons (Fsp3) is 0.917. The van der Waals surface area contributed by atoms with Crippen LogP contribution >= 0.6 is 11.8 Å². The zero-order valence-electron chi connectivity index (χ0n) is 11.3. The molecule has 0 aliphatic heterocycles. The van der Waals surface area contributed by atoms with E-state index >= 15 is 0 Å². The molecule has 17 heavy (non-hydrogen) atoms. The van der Waals surface area contributed by atoms with Gasteiger partial charge in [-0.15, -0.1) is 0 Å². The Labute approximate surface area is 109 Å². The van der Waals surface area contributed by atoms with Crippen LogP contribution < -0.4 is 5.73 Å². The second-order valence-electron chi connectivity index (χ2n) is 4.37. The van der Waals surface area contributed by atoms with Crippen molar-refractivity contribution in [3.8, 4) is 0 Å². The van der Waals surface area contributed by atoms with Crippen LogP contribution in [0.1, 0.15) is 33.6 Å². The molecular weight excluding hydrogens is 238 g/mol. The number of thioether (sulfide) groups is 1. The average Bonchev–Trinajstić information content (AvgIpc) is 2.24. The molecule has 0 saturated carbocycles. The summed E-state index contributed by atoms with van der Waals surface area (Å²) in [6.45, 7) is 6.76. The van der Waals surface area contributed by atoms with Crippen LogP contribution in [0.25, 0.3) is 0 Å². The SMILES string of the molecule is CCOC(=O)C(C)(N)CC(C)SCCCOC. The summed E-state index contributed by atoms with van der Waals surface area (Å²) in [6.07, 6.45) is 1.65. The fourth-order valence-electron chi connectivity index (χ4n) is 1.52. The van der Waals surface area contributed by atoms with Crippen molar-refractivity contribution >= 4 is 17.7 Å². The minimum absolute atomic E-state index is 0.315. The first kappa shape index (κ1) is 16.7. The van der Waals surface area contributed by atoms with E-state index in [1.165, 1.54) is 0 Å². The Hall–Kier alpha value is -0.260. The van der Waals surface area contributed by atoms with Gasteiger partial charge >= 0.3 is 5.97 Å². The van der Waals surface area contributed by atoms with Crippen molar-refractivity contribution in [3.63, 3.8) is 0 Å². The molecule has 0 aromatic rings. The summed E-state index contributed by atoms with van der Waals surface area (Å²) in [4.78, 5) is 11.6. The number of hydrogen-bond acceptors (Lipinski definition) is 5. The van der Waals surface area contributed by atoms with E-state index in [4.69, 9.17) is 15.2 Å². The Morgan fingerprint density at radius 2 is 2.18 bits per heavy atom. The standard InChI is InChI=1S/C12H25NO3S/c1-5-16-11(14)12(3,13)9-10(2)17-8-6-7-15-4/h10H,5-9,13H2,1-4H3. The maximum absolute atomic E-state index is 11.6. The second-order valence-corrected chi connectivity index (χ2v) is 5.92. The number of esters is 1. The van der Waals surface area contributed by atoms with E-state index in [9.17, 15) is 4.79 Å². The molecule has 0 aliphatic rings. The Morgan fingerprint density at radius 1 is 1.53 bits per heavy atom. The van der Waals surface area contributed by atoms with Crippen molar-refractivity contribution in [1.82, 2.24) is 0 Å². The lowest BCUT2D eigenvalue weighted by atomic mass is 9.98. The molecule has 2 atom stereocenters. The monoisotopic (exact) mass is 263 g/mol. The molecule has 0 spiro atoms. The van der Waals surface area contributed by atoms with Gasteiger partial charge in [-0.25, -0.2) is 0 Å². The minimum Gasteiger partial charge on any atom is -0.465 e. The lowest BCUT2D eigenvalue weighted by Crippen LogP contribution is -2.47. The third-order valence-electron chi connectivity index (χ3n) is 2.35. The number of carbonyl (C=O) groups excluding carboxylic acids is 1. The maximum Gasteiger partial charge on any atom is 0.325 e. The largest absolute Gasteiger partial charge is 0.465 e. The number of ether oxygens (including phenoxy) is 2. The van der Waals surface area contributed by atoms with Gasteiger partial charge in [-0.3, -0.25) is 4.79 Å². The molecule has 0 saturated heterocycles. The highest BCUT2D eigenvalue weighted by Gasteiger charge is 2.31. The van der Waals surface area contributed by atoms with Crippen molar-refractivity contribution in [2.45, 2.75) is 44.4 Å². The van der Waals surface area contributed by atoms with E-state index in [1.807, 2.05) is 11.8 Å². The lowest BCUT2D eigenvalue weighted by molar-refractivity contribution is -0.149. The van der Waals surface area contributed by atoms with Crippen LogP contribution in [0.3, 0.4) is 0 Å². The first-order valence-electron chi connectivity index (χ1n) is 6.00. The zero-order valence-corrected chi connectivity index (χ0v) is 12.1. The average molecular weight is 263 g/mol. The molecule has 0 fully saturated rings. The van der Waals surface area contributed by atoms with Crippen molar-refractivity contribution in [2.24, 2.45) is 5.73 Å². The van der Waals surface area contributed by atoms with E-state index in [0.29, 0.717) is 18.3 Å². The molecule has 0 amide bonds. The molecule has 0 aromatic carbocycles. The number of nitrogens with two attached hydrogens (primary N) is 1. The number of hydrogen-bond donors (Lipinski definition) is 1. The summed E-state index contributed by atoms with van der Waals surface area (Å²) >= 11 is 1.81. The number of carbonyl (C=O) groups is 1. The van der Waals surface area contributed by atoms with Gasteiger partial charge in [0.1, 0.15) is 5.54 Å². The molecule has 0 rings (SSSR count). The van der Waals surface area contributed by atoms with Gasteiger partial charge in [-0.05, 0) is 32.4 Å². The molecule has 0 heterocycles. The van der Waals surface area contributed by atoms with E-state index in [-0.39, 0.29) is 5.97 Å². The highest BCUT2D eigenvalue weighted by Crippen LogP contribution is 2.21. The van der Waals surface area contributed by atoms with Gasteiger partial charge in [0.2, 0.25) is 0 Å². The molecular formula is C12H25NO3S. The van der Waals surface area contributed by atoms with E-state index in [0.717, 1.165) is 18.8 Å². The summed E-state index contributed by atoms with van der Waals surface area (Å²) in [5.74, 6) is 0.706. The third kappa shape index (κ3) is 7.63. The second kappa shape index (κ2) is 8.78. The van der Waals surface area contributed by atoms with Gasteiger partial charge in [-0.1, -0.05) is 6.92 Å². The van der Waals surface area contributed by atoms with Crippen LogP contribution in [-0.2, 0) is 14.3 Å². The van der Waals surface area contributed by atoms with E-state index in [2.05, 4.69) is 6.92 Å². The van der Waals surface area contributed by atoms with Gasteiger partial charge in [0.25, 0.3) is 0 Å². The van der Waals surface area contributed by atoms with Gasteiger partial charge in [0.15, 0.2) is 0 Å². The molecule has 0 bridgehead atoms. The Kier molecular flexibility index (Phi) is 8.64. The van der Waals surface area contributed by atoms with Crippen molar-refractivity contribution < 1.29 is 14.3 Å². The van der Waals surface area contributed by atoms with Gasteiger partial charge in [0, 0.05) is 19.0 Å². The van der Waals surface area contributed by atoms with Crippen LogP contribution in [0.2, 0.25) is 0 Å². The fourth-order valence-corrected chi connectivity index (χ4v) is 2.67. The summed E-state index contributed by atoms with van der Waals surface area (Å²) in [5, 5.41) is 0.339. The molecule has 0 aromatic heterocycles. The normalized spacial score (nSPS) is 16.3. The van der Waals surface area contributed by atoms with E-state index in [1.54, 1.807) is 21.0 Å². The van der Waals surface area contributed by atoms with E-state index < -0.39 is 5.54 Å². The predicted octanol–water partition coefficient (Wildman–Crippen LogP) is 1.82. The molecule has 0 aliphatic carbocycles. The third-order valence-corrected chi connectivity index (χ3v) is 3.61.